The number of anilines is 1. The van der Waals surface area contributed by atoms with E-state index in [4.69, 9.17) is 25.5 Å². The van der Waals surface area contributed by atoms with Crippen molar-refractivity contribution >= 4 is 34.4 Å². The van der Waals surface area contributed by atoms with Crippen LogP contribution in [-0.2, 0) is 6.54 Å². The summed E-state index contributed by atoms with van der Waals surface area (Å²) in [5.41, 5.74) is 2.17. The Balaban J connectivity index is 1.16. The number of nitrogens with zero attached hydrogens (tertiary/aromatic N) is 3. The predicted molar refractivity (Wildman–Crippen MR) is 107 cm³/mol. The molecule has 0 bridgehead atoms. The van der Waals surface area contributed by atoms with E-state index in [0.717, 1.165) is 18.6 Å². The van der Waals surface area contributed by atoms with Gasteiger partial charge in [0.15, 0.2) is 17.1 Å². The molecular formula is C20H19ClN4O4. The van der Waals surface area contributed by atoms with Crippen LogP contribution in [-0.4, -0.2) is 53.8 Å². The third kappa shape index (κ3) is 3.81. The van der Waals surface area contributed by atoms with Gasteiger partial charge in [0, 0.05) is 49.0 Å². The van der Waals surface area contributed by atoms with Crippen LogP contribution in [0, 0.1) is 0 Å². The number of carbonyl (C=O) groups is 1. The zero-order valence-electron chi connectivity index (χ0n) is 15.6. The molecular weight excluding hydrogens is 396 g/mol. The zero-order chi connectivity index (χ0) is 19.8. The van der Waals surface area contributed by atoms with Gasteiger partial charge in [-0.1, -0.05) is 11.6 Å². The highest BCUT2D eigenvalue weighted by Crippen LogP contribution is 2.34. The van der Waals surface area contributed by atoms with Crippen molar-refractivity contribution in [3.63, 3.8) is 0 Å². The third-order valence-corrected chi connectivity index (χ3v) is 5.27. The van der Waals surface area contributed by atoms with E-state index in [-0.39, 0.29) is 12.8 Å². The van der Waals surface area contributed by atoms with Crippen molar-refractivity contribution < 1.29 is 18.7 Å². The lowest BCUT2D eigenvalue weighted by Crippen LogP contribution is -2.49. The maximum atomic E-state index is 12.6. The van der Waals surface area contributed by atoms with E-state index in [1.165, 1.54) is 0 Å². The normalized spacial score (nSPS) is 16.4. The van der Waals surface area contributed by atoms with Crippen LogP contribution in [0.1, 0.15) is 5.89 Å². The topological polar surface area (TPSA) is 80.1 Å². The van der Waals surface area contributed by atoms with Crippen molar-refractivity contribution in [2.45, 2.75) is 6.54 Å². The molecule has 3 heterocycles. The second kappa shape index (κ2) is 7.46. The maximum absolute atomic E-state index is 12.6. The summed E-state index contributed by atoms with van der Waals surface area (Å²) in [6.45, 7) is 3.55. The number of nitrogens with one attached hydrogen (secondary N) is 1. The first kappa shape index (κ1) is 18.1. The maximum Gasteiger partial charge on any atom is 0.321 e. The summed E-state index contributed by atoms with van der Waals surface area (Å²) in [5, 5.41) is 3.55. The van der Waals surface area contributed by atoms with E-state index in [1.807, 2.05) is 6.07 Å². The van der Waals surface area contributed by atoms with Crippen LogP contribution in [0.15, 0.2) is 40.8 Å². The minimum Gasteiger partial charge on any atom is -0.454 e. The first-order valence-corrected chi connectivity index (χ1v) is 9.75. The molecule has 0 radical (unpaired) electrons. The van der Waals surface area contributed by atoms with Gasteiger partial charge >= 0.3 is 6.03 Å². The number of hydrogen-bond donors (Lipinski definition) is 1. The van der Waals surface area contributed by atoms with Crippen LogP contribution in [0.2, 0.25) is 5.02 Å². The lowest BCUT2D eigenvalue weighted by atomic mass is 10.2. The summed E-state index contributed by atoms with van der Waals surface area (Å²) in [5.74, 6) is 1.99. The fraction of sp³-hybridized carbons (Fsp3) is 0.300. The van der Waals surface area contributed by atoms with Gasteiger partial charge < -0.3 is 24.1 Å². The highest BCUT2D eigenvalue weighted by molar-refractivity contribution is 6.31. The van der Waals surface area contributed by atoms with Crippen LogP contribution in [0.5, 0.6) is 11.5 Å². The molecule has 8 nitrogen and oxygen atoms in total. The van der Waals surface area contributed by atoms with Gasteiger partial charge in [-0.25, -0.2) is 9.78 Å². The van der Waals surface area contributed by atoms with Crippen LogP contribution < -0.4 is 14.8 Å². The van der Waals surface area contributed by atoms with E-state index in [0.29, 0.717) is 53.3 Å². The number of hydrogen-bond acceptors (Lipinski definition) is 6. The summed E-state index contributed by atoms with van der Waals surface area (Å²) < 4.78 is 16.4. The molecule has 0 unspecified atom stereocenters. The molecule has 1 fully saturated rings. The highest BCUT2D eigenvalue weighted by Gasteiger charge is 2.23. The summed E-state index contributed by atoms with van der Waals surface area (Å²) in [7, 11) is 0. The Bertz CT molecular complexity index is 1060. The second-order valence-electron chi connectivity index (χ2n) is 6.98. The molecule has 1 aromatic heterocycles. The molecule has 2 aromatic carbocycles. The quantitative estimate of drug-likeness (QED) is 0.705. The standard InChI is InChI=1S/C20H19ClN4O4/c21-13-1-3-15-17(9-13)29-19(23-15)11-24-5-7-25(8-6-24)20(26)22-14-2-4-16-18(10-14)28-12-27-16/h1-4,9-10H,5-8,11-12H2,(H,22,26). The van der Waals surface area contributed by atoms with Gasteiger partial charge in [0.2, 0.25) is 12.7 Å². The van der Waals surface area contributed by atoms with Crippen LogP contribution in [0.25, 0.3) is 11.1 Å². The van der Waals surface area contributed by atoms with Gasteiger partial charge in [0.1, 0.15) is 5.52 Å². The van der Waals surface area contributed by atoms with E-state index in [2.05, 4.69) is 15.2 Å². The first-order chi connectivity index (χ1) is 14.1. The smallest absolute Gasteiger partial charge is 0.321 e. The number of amides is 2. The van der Waals surface area contributed by atoms with E-state index >= 15 is 0 Å². The number of benzene rings is 2. The Labute approximate surface area is 171 Å². The fourth-order valence-electron chi connectivity index (χ4n) is 3.49. The molecule has 29 heavy (non-hydrogen) atoms. The van der Waals surface area contributed by atoms with Gasteiger partial charge in [-0.2, -0.15) is 0 Å². The average Bonchev–Trinajstić information content (AvgIpc) is 3.34. The monoisotopic (exact) mass is 414 g/mol. The number of halogens is 1. The van der Waals surface area contributed by atoms with Gasteiger partial charge in [-0.05, 0) is 24.3 Å². The molecule has 2 aliphatic heterocycles. The molecule has 0 spiro atoms. The number of fused-ring (bicyclic) bond motifs is 2. The Morgan fingerprint density at radius 3 is 2.76 bits per heavy atom. The van der Waals surface area contributed by atoms with Crippen molar-refractivity contribution in [3.05, 3.63) is 47.3 Å². The third-order valence-electron chi connectivity index (χ3n) is 5.04. The summed E-state index contributed by atoms with van der Waals surface area (Å²) in [6, 6.07) is 10.7. The number of oxazole rings is 1. The molecule has 0 atom stereocenters. The minimum absolute atomic E-state index is 0.125. The molecule has 1 N–H and O–H groups in total. The molecule has 1 saturated heterocycles. The van der Waals surface area contributed by atoms with E-state index in [9.17, 15) is 4.79 Å². The number of piperazine rings is 1. The van der Waals surface area contributed by atoms with Crippen molar-refractivity contribution in [3.8, 4) is 11.5 Å². The predicted octanol–water partition coefficient (Wildman–Crippen LogP) is 3.56. The molecule has 9 heteroatoms. The van der Waals surface area contributed by atoms with Gasteiger partial charge in [-0.3, -0.25) is 4.90 Å². The number of carbonyl (C=O) groups excluding carboxylic acids is 1. The number of urea groups is 1. The summed E-state index contributed by atoms with van der Waals surface area (Å²) >= 11 is 6.00. The van der Waals surface area contributed by atoms with Crippen molar-refractivity contribution in [2.24, 2.45) is 0 Å². The summed E-state index contributed by atoms with van der Waals surface area (Å²) in [4.78, 5) is 21.1. The lowest BCUT2D eigenvalue weighted by Gasteiger charge is -2.34. The molecule has 150 valence electrons. The van der Waals surface area contributed by atoms with Crippen molar-refractivity contribution in [2.75, 3.05) is 38.3 Å². The molecule has 2 amide bonds. The van der Waals surface area contributed by atoms with Gasteiger partial charge in [0.25, 0.3) is 0 Å². The van der Waals surface area contributed by atoms with E-state index in [1.54, 1.807) is 35.2 Å². The van der Waals surface area contributed by atoms with Crippen LogP contribution in [0.3, 0.4) is 0 Å². The largest absolute Gasteiger partial charge is 0.454 e. The fourth-order valence-corrected chi connectivity index (χ4v) is 3.65. The molecule has 5 rings (SSSR count). The van der Waals surface area contributed by atoms with Gasteiger partial charge in [-0.15, -0.1) is 0 Å². The molecule has 2 aliphatic rings. The number of ether oxygens (including phenoxy) is 2. The Kier molecular flexibility index (Phi) is 4.65. The molecule has 3 aromatic rings. The Hall–Kier alpha value is -2.97. The first-order valence-electron chi connectivity index (χ1n) is 9.37. The molecule has 0 saturated carbocycles. The highest BCUT2D eigenvalue weighted by atomic mass is 35.5. The Morgan fingerprint density at radius 1 is 1.07 bits per heavy atom. The Morgan fingerprint density at radius 2 is 1.90 bits per heavy atom. The van der Waals surface area contributed by atoms with Gasteiger partial charge in [0.05, 0.1) is 6.54 Å². The summed E-state index contributed by atoms with van der Waals surface area (Å²) in [6.07, 6.45) is 0. The van der Waals surface area contributed by atoms with Crippen LogP contribution in [0.4, 0.5) is 10.5 Å². The SMILES string of the molecule is O=C(Nc1ccc2c(c1)OCO2)N1CCN(Cc2nc3ccc(Cl)cc3o2)CC1. The molecule has 0 aliphatic carbocycles. The van der Waals surface area contributed by atoms with Crippen LogP contribution >= 0.6 is 11.6 Å². The van der Waals surface area contributed by atoms with E-state index < -0.39 is 0 Å². The minimum atomic E-state index is -0.125. The zero-order valence-corrected chi connectivity index (χ0v) is 16.3. The average molecular weight is 415 g/mol. The van der Waals surface area contributed by atoms with Crippen molar-refractivity contribution in [1.29, 1.82) is 0 Å². The second-order valence-corrected chi connectivity index (χ2v) is 7.42. The number of aromatic nitrogens is 1. The van der Waals surface area contributed by atoms with Crippen molar-refractivity contribution in [1.82, 2.24) is 14.8 Å². The lowest BCUT2D eigenvalue weighted by molar-refractivity contribution is 0.136. The number of rotatable bonds is 3.